The van der Waals surface area contributed by atoms with Crippen molar-refractivity contribution in [3.8, 4) is 0 Å². The lowest BCUT2D eigenvalue weighted by molar-refractivity contribution is -0.101. The molecule has 0 radical (unpaired) electrons. The topological polar surface area (TPSA) is 30.5 Å². The highest BCUT2D eigenvalue weighted by Crippen LogP contribution is 2.18. The summed E-state index contributed by atoms with van der Waals surface area (Å²) in [5.41, 5.74) is 0.270. The van der Waals surface area contributed by atoms with Crippen LogP contribution in [0.5, 0.6) is 0 Å². The summed E-state index contributed by atoms with van der Waals surface area (Å²) in [5.74, 6) is 0. The molecule has 0 fully saturated rings. The minimum Gasteiger partial charge on any atom is -0.355 e. The lowest BCUT2D eigenvalue weighted by Gasteiger charge is -2.29. The van der Waals surface area contributed by atoms with Crippen molar-refractivity contribution in [3.63, 3.8) is 0 Å². The highest BCUT2D eigenvalue weighted by atomic mass is 16.7. The van der Waals surface area contributed by atoms with Crippen LogP contribution in [0, 0.1) is 5.41 Å². The Labute approximate surface area is 81.8 Å². The molecular formula is C10H23NO2. The van der Waals surface area contributed by atoms with Crippen molar-refractivity contribution < 1.29 is 9.47 Å². The Morgan fingerprint density at radius 2 is 1.62 bits per heavy atom. The summed E-state index contributed by atoms with van der Waals surface area (Å²) in [6, 6.07) is 0.445. The quantitative estimate of drug-likeness (QED) is 0.667. The van der Waals surface area contributed by atoms with Gasteiger partial charge in [0.1, 0.15) is 0 Å². The zero-order chi connectivity index (χ0) is 10.5. The molecule has 0 amide bonds. The fourth-order valence-corrected chi connectivity index (χ4v) is 0.842. The number of methoxy groups -OCH3 is 2. The maximum absolute atomic E-state index is 5.08. The molecule has 0 bridgehead atoms. The zero-order valence-corrected chi connectivity index (χ0v) is 9.68. The summed E-state index contributed by atoms with van der Waals surface area (Å²) in [6.07, 6.45) is -0.148. The van der Waals surface area contributed by atoms with Crippen LogP contribution in [0.2, 0.25) is 0 Å². The molecule has 0 aliphatic rings. The van der Waals surface area contributed by atoms with Gasteiger partial charge in [-0.05, 0) is 12.3 Å². The van der Waals surface area contributed by atoms with Crippen molar-refractivity contribution in [1.29, 1.82) is 0 Å². The van der Waals surface area contributed by atoms with Crippen LogP contribution in [0.25, 0.3) is 0 Å². The summed E-state index contributed by atoms with van der Waals surface area (Å²) in [6.45, 7) is 9.52. The van der Waals surface area contributed by atoms with Gasteiger partial charge in [-0.1, -0.05) is 20.8 Å². The van der Waals surface area contributed by atoms with E-state index in [1.54, 1.807) is 14.2 Å². The van der Waals surface area contributed by atoms with Gasteiger partial charge in [-0.3, -0.25) is 0 Å². The van der Waals surface area contributed by atoms with Crippen molar-refractivity contribution in [3.05, 3.63) is 0 Å². The molecule has 0 aromatic heterocycles. The third-order valence-corrected chi connectivity index (χ3v) is 2.42. The van der Waals surface area contributed by atoms with E-state index in [0.29, 0.717) is 6.04 Å². The van der Waals surface area contributed by atoms with Gasteiger partial charge in [0.15, 0.2) is 6.29 Å². The first-order valence-corrected chi connectivity index (χ1v) is 4.70. The third-order valence-electron chi connectivity index (χ3n) is 2.42. The normalized spacial score (nSPS) is 15.0. The van der Waals surface area contributed by atoms with E-state index in [0.717, 1.165) is 6.54 Å². The van der Waals surface area contributed by atoms with Crippen LogP contribution in [-0.4, -0.2) is 33.1 Å². The van der Waals surface area contributed by atoms with Gasteiger partial charge in [-0.15, -0.1) is 0 Å². The van der Waals surface area contributed by atoms with Crippen LogP contribution in [0.1, 0.15) is 27.7 Å². The Hall–Kier alpha value is -0.120. The predicted octanol–water partition coefficient (Wildman–Crippen LogP) is 1.63. The van der Waals surface area contributed by atoms with Crippen LogP contribution in [0.3, 0.4) is 0 Å². The van der Waals surface area contributed by atoms with Gasteiger partial charge in [-0.2, -0.15) is 0 Å². The molecule has 0 rings (SSSR count). The van der Waals surface area contributed by atoms with Crippen LogP contribution in [-0.2, 0) is 9.47 Å². The number of ether oxygens (including phenoxy) is 2. The largest absolute Gasteiger partial charge is 0.355 e. The number of nitrogens with one attached hydrogen (secondary N) is 1. The average molecular weight is 189 g/mol. The molecule has 3 heteroatoms. The summed E-state index contributed by atoms with van der Waals surface area (Å²) >= 11 is 0. The first-order chi connectivity index (χ1) is 5.91. The lowest BCUT2D eigenvalue weighted by Crippen LogP contribution is -2.42. The molecule has 1 N–H and O–H groups in total. The molecule has 0 aliphatic heterocycles. The van der Waals surface area contributed by atoms with E-state index >= 15 is 0 Å². The van der Waals surface area contributed by atoms with E-state index in [4.69, 9.17) is 9.47 Å². The summed E-state index contributed by atoms with van der Waals surface area (Å²) < 4.78 is 10.2. The Morgan fingerprint density at radius 3 is 1.92 bits per heavy atom. The second-order valence-electron chi connectivity index (χ2n) is 4.40. The van der Waals surface area contributed by atoms with E-state index in [2.05, 4.69) is 33.0 Å². The van der Waals surface area contributed by atoms with Gasteiger partial charge in [0, 0.05) is 26.8 Å². The molecule has 0 aliphatic carbocycles. The van der Waals surface area contributed by atoms with E-state index in [1.807, 2.05) is 0 Å². The molecule has 0 spiro atoms. The van der Waals surface area contributed by atoms with Crippen molar-refractivity contribution in [2.45, 2.75) is 40.0 Å². The maximum Gasteiger partial charge on any atom is 0.169 e. The highest BCUT2D eigenvalue weighted by molar-refractivity contribution is 4.76. The molecule has 3 nitrogen and oxygen atoms in total. The summed E-state index contributed by atoms with van der Waals surface area (Å²) in [7, 11) is 3.30. The van der Waals surface area contributed by atoms with Crippen molar-refractivity contribution >= 4 is 0 Å². The van der Waals surface area contributed by atoms with Gasteiger partial charge in [-0.25, -0.2) is 0 Å². The second kappa shape index (κ2) is 5.58. The van der Waals surface area contributed by atoms with Gasteiger partial charge in [0.25, 0.3) is 0 Å². The van der Waals surface area contributed by atoms with Crippen LogP contribution < -0.4 is 5.32 Å². The first-order valence-electron chi connectivity index (χ1n) is 4.70. The molecule has 0 saturated carbocycles. The Bertz CT molecular complexity index is 127. The van der Waals surface area contributed by atoms with Gasteiger partial charge in [0.2, 0.25) is 0 Å². The molecule has 1 atom stereocenters. The highest BCUT2D eigenvalue weighted by Gasteiger charge is 2.20. The van der Waals surface area contributed by atoms with E-state index in [9.17, 15) is 0 Å². The predicted molar refractivity (Wildman–Crippen MR) is 54.7 cm³/mol. The smallest absolute Gasteiger partial charge is 0.169 e. The van der Waals surface area contributed by atoms with Crippen molar-refractivity contribution in [2.75, 3.05) is 20.8 Å². The molecule has 0 aromatic rings. The Kier molecular flexibility index (Phi) is 5.53. The monoisotopic (exact) mass is 189 g/mol. The lowest BCUT2D eigenvalue weighted by atomic mass is 9.88. The van der Waals surface area contributed by atoms with Gasteiger partial charge >= 0.3 is 0 Å². The molecule has 1 unspecified atom stereocenters. The maximum atomic E-state index is 5.08. The van der Waals surface area contributed by atoms with E-state index < -0.39 is 0 Å². The third kappa shape index (κ3) is 5.24. The first kappa shape index (κ1) is 12.9. The standard InChI is InChI=1S/C10H23NO2/c1-8(10(2,3)4)11-7-9(12-5)13-6/h8-9,11H,7H2,1-6H3. The van der Waals surface area contributed by atoms with Crippen LogP contribution in [0.15, 0.2) is 0 Å². The van der Waals surface area contributed by atoms with Crippen molar-refractivity contribution in [2.24, 2.45) is 5.41 Å². The minimum absolute atomic E-state index is 0.148. The van der Waals surface area contributed by atoms with Crippen LogP contribution >= 0.6 is 0 Å². The fourth-order valence-electron chi connectivity index (χ4n) is 0.842. The van der Waals surface area contributed by atoms with Crippen molar-refractivity contribution in [1.82, 2.24) is 5.32 Å². The minimum atomic E-state index is -0.148. The Balaban J connectivity index is 3.75. The summed E-state index contributed by atoms with van der Waals surface area (Å²) in [4.78, 5) is 0. The molecule has 0 heterocycles. The Morgan fingerprint density at radius 1 is 1.15 bits per heavy atom. The van der Waals surface area contributed by atoms with E-state index in [1.165, 1.54) is 0 Å². The SMILES string of the molecule is COC(CNC(C)C(C)(C)C)OC. The number of hydrogen-bond donors (Lipinski definition) is 1. The molecule has 0 aromatic carbocycles. The summed E-state index contributed by atoms with van der Waals surface area (Å²) in [5, 5.41) is 3.37. The number of rotatable bonds is 5. The second-order valence-corrected chi connectivity index (χ2v) is 4.40. The van der Waals surface area contributed by atoms with Crippen LogP contribution in [0.4, 0.5) is 0 Å². The average Bonchev–Trinajstić information content (AvgIpc) is 2.04. The zero-order valence-electron chi connectivity index (χ0n) is 9.68. The van der Waals surface area contributed by atoms with E-state index in [-0.39, 0.29) is 11.7 Å². The van der Waals surface area contributed by atoms with Gasteiger partial charge < -0.3 is 14.8 Å². The fraction of sp³-hybridized carbons (Fsp3) is 1.00. The van der Waals surface area contributed by atoms with Gasteiger partial charge in [0.05, 0.1) is 0 Å². The number of hydrogen-bond acceptors (Lipinski definition) is 3. The molecule has 80 valence electrons. The molecular weight excluding hydrogens is 166 g/mol. The molecule has 13 heavy (non-hydrogen) atoms. The molecule has 0 saturated heterocycles.